The number of alkyl halides is 1. The zero-order valence-corrected chi connectivity index (χ0v) is 12.4. The highest BCUT2D eigenvalue weighted by atomic mass is 79.9. The maximum absolute atomic E-state index is 12.2. The van der Waals surface area contributed by atoms with Crippen LogP contribution in [0.25, 0.3) is 0 Å². The van der Waals surface area contributed by atoms with Gasteiger partial charge in [-0.05, 0) is 31.9 Å². The molecule has 1 fully saturated rings. The minimum Gasteiger partial charge on any atom is -0.348 e. The van der Waals surface area contributed by atoms with Gasteiger partial charge >= 0.3 is 0 Å². The zero-order valence-electron chi connectivity index (χ0n) is 10.8. The highest BCUT2D eigenvalue weighted by molar-refractivity contribution is 9.09. The largest absolute Gasteiger partial charge is 0.348 e. The fourth-order valence-electron chi connectivity index (χ4n) is 2.46. The Hall–Kier alpha value is -0.830. The predicted molar refractivity (Wildman–Crippen MR) is 78.2 cm³/mol. The second kappa shape index (κ2) is 6.37. The van der Waals surface area contributed by atoms with Crippen LogP contribution in [0.1, 0.15) is 48.0 Å². The number of hydrogen-bond acceptors (Lipinski definition) is 1. The van der Waals surface area contributed by atoms with Gasteiger partial charge in [0.15, 0.2) is 0 Å². The summed E-state index contributed by atoms with van der Waals surface area (Å²) in [5.41, 5.74) is 1.89. The molecule has 18 heavy (non-hydrogen) atoms. The lowest BCUT2D eigenvalue weighted by Gasteiger charge is -2.21. The van der Waals surface area contributed by atoms with E-state index in [2.05, 4.69) is 21.2 Å². The molecule has 0 bridgehead atoms. The Morgan fingerprint density at radius 2 is 2.06 bits per heavy atom. The van der Waals surface area contributed by atoms with Crippen molar-refractivity contribution in [3.05, 3.63) is 35.4 Å². The van der Waals surface area contributed by atoms with Gasteiger partial charge in [-0.15, -0.1) is 0 Å². The maximum Gasteiger partial charge on any atom is 0.251 e. The summed E-state index contributed by atoms with van der Waals surface area (Å²) in [5.74, 6) is 0.0510. The van der Waals surface area contributed by atoms with Crippen molar-refractivity contribution < 1.29 is 4.79 Å². The number of benzene rings is 1. The van der Waals surface area contributed by atoms with Crippen LogP contribution in [-0.2, 0) is 0 Å². The molecule has 1 N–H and O–H groups in total. The number of amides is 1. The van der Waals surface area contributed by atoms with Crippen LogP contribution in [0.2, 0.25) is 0 Å². The van der Waals surface area contributed by atoms with Crippen molar-refractivity contribution in [1.82, 2.24) is 5.32 Å². The van der Waals surface area contributed by atoms with E-state index in [-0.39, 0.29) is 11.9 Å². The molecule has 0 aliphatic heterocycles. The minimum atomic E-state index is 0.0510. The summed E-state index contributed by atoms with van der Waals surface area (Å²) in [4.78, 5) is 12.6. The summed E-state index contributed by atoms with van der Waals surface area (Å²) in [6.45, 7) is 2.01. The van der Waals surface area contributed by atoms with Gasteiger partial charge in [0.05, 0.1) is 0 Å². The standard InChI is InChI=1S/C15H20BrNO/c1-11-6-5-7-12(10-11)15(18)17-14-9-4-2-3-8-13(14)16/h5-7,10,13-14H,2-4,8-9H2,1H3,(H,17,18). The van der Waals surface area contributed by atoms with Crippen molar-refractivity contribution in [3.8, 4) is 0 Å². The third-order valence-electron chi connectivity index (χ3n) is 3.53. The topological polar surface area (TPSA) is 29.1 Å². The van der Waals surface area contributed by atoms with Crippen LogP contribution in [-0.4, -0.2) is 16.8 Å². The van der Waals surface area contributed by atoms with Gasteiger partial charge in [0, 0.05) is 16.4 Å². The van der Waals surface area contributed by atoms with E-state index >= 15 is 0 Å². The number of rotatable bonds is 2. The first-order chi connectivity index (χ1) is 8.66. The lowest BCUT2D eigenvalue weighted by atomic mass is 10.1. The molecule has 1 aliphatic carbocycles. The van der Waals surface area contributed by atoms with Crippen LogP contribution >= 0.6 is 15.9 Å². The molecule has 0 heterocycles. The summed E-state index contributed by atoms with van der Waals surface area (Å²) in [6, 6.07) is 8.02. The number of aryl methyl sites for hydroxylation is 1. The molecule has 2 atom stereocenters. The smallest absolute Gasteiger partial charge is 0.251 e. The zero-order chi connectivity index (χ0) is 13.0. The Morgan fingerprint density at radius 3 is 2.83 bits per heavy atom. The predicted octanol–water partition coefficient (Wildman–Crippen LogP) is 3.82. The average molecular weight is 310 g/mol. The average Bonchev–Trinajstić information content (AvgIpc) is 2.55. The van der Waals surface area contributed by atoms with Crippen LogP contribution in [0.15, 0.2) is 24.3 Å². The van der Waals surface area contributed by atoms with E-state index in [1.165, 1.54) is 19.3 Å². The Bertz CT molecular complexity index is 419. The van der Waals surface area contributed by atoms with Gasteiger partial charge in [-0.25, -0.2) is 0 Å². The van der Waals surface area contributed by atoms with Gasteiger partial charge in [0.2, 0.25) is 0 Å². The van der Waals surface area contributed by atoms with Crippen molar-refractivity contribution in [1.29, 1.82) is 0 Å². The highest BCUT2D eigenvalue weighted by Gasteiger charge is 2.23. The molecule has 0 saturated heterocycles. The highest BCUT2D eigenvalue weighted by Crippen LogP contribution is 2.24. The molecule has 2 unspecified atom stereocenters. The molecule has 0 spiro atoms. The van der Waals surface area contributed by atoms with Crippen LogP contribution in [0.4, 0.5) is 0 Å². The normalized spacial score (nSPS) is 24.3. The molecule has 0 radical (unpaired) electrons. The van der Waals surface area contributed by atoms with E-state index in [1.807, 2.05) is 31.2 Å². The molecule has 2 rings (SSSR count). The quantitative estimate of drug-likeness (QED) is 0.653. The molecule has 0 aromatic heterocycles. The summed E-state index contributed by atoms with van der Waals surface area (Å²) in [6.07, 6.45) is 5.97. The van der Waals surface area contributed by atoms with Gasteiger partial charge in [0.25, 0.3) is 5.91 Å². The molecule has 1 aromatic rings. The monoisotopic (exact) mass is 309 g/mol. The number of hydrogen-bond donors (Lipinski definition) is 1. The second-order valence-corrected chi connectivity index (χ2v) is 6.28. The lowest BCUT2D eigenvalue weighted by Crippen LogP contribution is -2.40. The Kier molecular flexibility index (Phi) is 4.81. The first-order valence-electron chi connectivity index (χ1n) is 6.68. The third-order valence-corrected chi connectivity index (χ3v) is 4.62. The Balaban J connectivity index is 2.01. The minimum absolute atomic E-state index is 0.0510. The van der Waals surface area contributed by atoms with Crippen molar-refractivity contribution >= 4 is 21.8 Å². The fourth-order valence-corrected chi connectivity index (χ4v) is 3.18. The third kappa shape index (κ3) is 3.58. The van der Waals surface area contributed by atoms with Gasteiger partial charge in [-0.2, -0.15) is 0 Å². The number of carbonyl (C=O) groups is 1. The van der Waals surface area contributed by atoms with Crippen molar-refractivity contribution in [3.63, 3.8) is 0 Å². The van der Waals surface area contributed by atoms with E-state index in [1.54, 1.807) is 0 Å². The number of nitrogens with one attached hydrogen (secondary N) is 1. The van der Waals surface area contributed by atoms with E-state index < -0.39 is 0 Å². The molecule has 2 nitrogen and oxygen atoms in total. The first-order valence-corrected chi connectivity index (χ1v) is 7.60. The molecule has 98 valence electrons. The van der Waals surface area contributed by atoms with E-state index in [4.69, 9.17) is 0 Å². The van der Waals surface area contributed by atoms with Crippen molar-refractivity contribution in [2.24, 2.45) is 0 Å². The van der Waals surface area contributed by atoms with E-state index in [0.29, 0.717) is 4.83 Å². The summed E-state index contributed by atoms with van der Waals surface area (Å²) in [5, 5.41) is 3.17. The van der Waals surface area contributed by atoms with Crippen LogP contribution in [0, 0.1) is 6.92 Å². The molecular formula is C15H20BrNO. The van der Waals surface area contributed by atoms with Crippen molar-refractivity contribution in [2.75, 3.05) is 0 Å². The van der Waals surface area contributed by atoms with Crippen molar-refractivity contribution in [2.45, 2.75) is 49.9 Å². The summed E-state index contributed by atoms with van der Waals surface area (Å²) in [7, 11) is 0. The SMILES string of the molecule is Cc1cccc(C(=O)NC2CCCCCC2Br)c1. The molecular weight excluding hydrogens is 290 g/mol. The summed E-state index contributed by atoms with van der Waals surface area (Å²) < 4.78 is 0. The Morgan fingerprint density at radius 1 is 1.28 bits per heavy atom. The molecule has 1 aliphatic rings. The van der Waals surface area contributed by atoms with Gasteiger partial charge in [-0.3, -0.25) is 4.79 Å². The number of carbonyl (C=O) groups excluding carboxylic acids is 1. The molecule has 1 saturated carbocycles. The van der Waals surface area contributed by atoms with E-state index in [0.717, 1.165) is 24.0 Å². The van der Waals surface area contributed by atoms with Crippen LogP contribution in [0.3, 0.4) is 0 Å². The fraction of sp³-hybridized carbons (Fsp3) is 0.533. The van der Waals surface area contributed by atoms with Gasteiger partial charge in [0.1, 0.15) is 0 Å². The first kappa shape index (κ1) is 13.6. The Labute approximate surface area is 117 Å². The molecule has 3 heteroatoms. The second-order valence-electron chi connectivity index (χ2n) is 5.10. The number of halogens is 1. The van der Waals surface area contributed by atoms with E-state index in [9.17, 15) is 4.79 Å². The van der Waals surface area contributed by atoms with Gasteiger partial charge in [-0.1, -0.05) is 52.9 Å². The van der Waals surface area contributed by atoms with Crippen LogP contribution < -0.4 is 5.32 Å². The van der Waals surface area contributed by atoms with Gasteiger partial charge < -0.3 is 5.32 Å². The maximum atomic E-state index is 12.2. The molecule has 1 amide bonds. The van der Waals surface area contributed by atoms with Crippen LogP contribution in [0.5, 0.6) is 0 Å². The molecule has 1 aromatic carbocycles. The lowest BCUT2D eigenvalue weighted by molar-refractivity contribution is 0.0935. The summed E-state index contributed by atoms with van der Waals surface area (Å²) >= 11 is 3.71.